The van der Waals surface area contributed by atoms with Crippen molar-refractivity contribution in [2.75, 3.05) is 0 Å². The van der Waals surface area contributed by atoms with E-state index in [1.54, 1.807) is 10.8 Å². The quantitative estimate of drug-likeness (QED) is 0.723. The van der Waals surface area contributed by atoms with E-state index in [0.29, 0.717) is 10.0 Å². The third-order valence-electron chi connectivity index (χ3n) is 2.33. The molecule has 0 radical (unpaired) electrons. The van der Waals surface area contributed by atoms with E-state index >= 15 is 0 Å². The maximum Gasteiger partial charge on any atom is 0.416 e. The molecule has 1 nitrogen and oxygen atoms in total. The lowest BCUT2D eigenvalue weighted by molar-refractivity contribution is -0.137. The molecule has 94 valence electrons. The smallest absolute Gasteiger partial charge is 0.289 e. The van der Waals surface area contributed by atoms with Gasteiger partial charge in [-0.3, -0.25) is 4.79 Å². The predicted molar refractivity (Wildman–Crippen MR) is 66.9 cm³/mol. The molecular weight excluding hydrogens is 329 g/mol. The van der Waals surface area contributed by atoms with Gasteiger partial charge in [-0.1, -0.05) is 12.1 Å². The Balaban J connectivity index is 2.31. The van der Waals surface area contributed by atoms with Gasteiger partial charge in [-0.05, 0) is 28.1 Å². The van der Waals surface area contributed by atoms with E-state index in [1.807, 2.05) is 0 Å². The molecule has 0 bridgehead atoms. The fourth-order valence-electron chi connectivity index (χ4n) is 1.41. The standard InChI is InChI=1S/C12H6BrF3OS/c13-10-6-18-5-9(10)11(17)7-1-3-8(4-2-7)12(14,15)16/h1-6H. The lowest BCUT2D eigenvalue weighted by Crippen LogP contribution is -2.06. The van der Waals surface area contributed by atoms with Crippen LogP contribution in [-0.2, 0) is 6.18 Å². The number of carbonyl (C=O) groups is 1. The molecule has 0 aliphatic rings. The van der Waals surface area contributed by atoms with Crippen LogP contribution in [0.15, 0.2) is 39.5 Å². The molecule has 6 heteroatoms. The number of hydrogen-bond donors (Lipinski definition) is 0. The Kier molecular flexibility index (Phi) is 3.59. The van der Waals surface area contributed by atoms with Gasteiger partial charge in [0, 0.05) is 26.4 Å². The van der Waals surface area contributed by atoms with E-state index in [9.17, 15) is 18.0 Å². The van der Waals surface area contributed by atoms with Crippen LogP contribution >= 0.6 is 27.3 Å². The number of rotatable bonds is 2. The summed E-state index contributed by atoms with van der Waals surface area (Å²) >= 11 is 4.57. The summed E-state index contributed by atoms with van der Waals surface area (Å²) in [4.78, 5) is 12.0. The van der Waals surface area contributed by atoms with Crippen LogP contribution in [0, 0.1) is 0 Å². The minimum atomic E-state index is -4.38. The van der Waals surface area contributed by atoms with Gasteiger partial charge in [0.25, 0.3) is 0 Å². The Labute approximate surface area is 113 Å². The average Bonchev–Trinajstić information content (AvgIpc) is 2.73. The topological polar surface area (TPSA) is 17.1 Å². The third-order valence-corrected chi connectivity index (χ3v) is 4.04. The lowest BCUT2D eigenvalue weighted by atomic mass is 10.0. The summed E-state index contributed by atoms with van der Waals surface area (Å²) in [7, 11) is 0. The largest absolute Gasteiger partial charge is 0.416 e. The summed E-state index contributed by atoms with van der Waals surface area (Å²) in [5.41, 5.74) is -0.0645. The molecule has 0 N–H and O–H groups in total. The molecule has 2 aromatic rings. The van der Waals surface area contributed by atoms with Crippen molar-refractivity contribution < 1.29 is 18.0 Å². The number of carbonyl (C=O) groups excluding carboxylic acids is 1. The van der Waals surface area contributed by atoms with Crippen LogP contribution in [0.1, 0.15) is 21.5 Å². The fraction of sp³-hybridized carbons (Fsp3) is 0.0833. The van der Waals surface area contributed by atoms with Crippen LogP contribution in [0.5, 0.6) is 0 Å². The van der Waals surface area contributed by atoms with Crippen molar-refractivity contribution in [1.29, 1.82) is 0 Å². The molecule has 0 saturated heterocycles. The molecule has 0 aliphatic heterocycles. The van der Waals surface area contributed by atoms with E-state index in [2.05, 4.69) is 15.9 Å². The summed E-state index contributed by atoms with van der Waals surface area (Å²) in [6, 6.07) is 4.20. The van der Waals surface area contributed by atoms with E-state index in [4.69, 9.17) is 0 Å². The second-order valence-electron chi connectivity index (χ2n) is 3.54. The van der Waals surface area contributed by atoms with Gasteiger partial charge in [0.1, 0.15) is 0 Å². The van der Waals surface area contributed by atoms with Crippen LogP contribution in [0.4, 0.5) is 13.2 Å². The second-order valence-corrected chi connectivity index (χ2v) is 5.14. The van der Waals surface area contributed by atoms with E-state index in [1.165, 1.54) is 23.5 Å². The molecule has 0 spiro atoms. The van der Waals surface area contributed by atoms with Crippen molar-refractivity contribution in [1.82, 2.24) is 0 Å². The normalized spacial score (nSPS) is 11.6. The summed E-state index contributed by atoms with van der Waals surface area (Å²) in [5.74, 6) is -0.295. The summed E-state index contributed by atoms with van der Waals surface area (Å²) in [6.45, 7) is 0. The first kappa shape index (κ1) is 13.3. The second kappa shape index (κ2) is 4.85. The van der Waals surface area contributed by atoms with Crippen molar-refractivity contribution in [3.63, 3.8) is 0 Å². The number of halogens is 4. The van der Waals surface area contributed by atoms with Gasteiger partial charge in [-0.25, -0.2) is 0 Å². The van der Waals surface area contributed by atoms with E-state index < -0.39 is 11.7 Å². The highest BCUT2D eigenvalue weighted by atomic mass is 79.9. The molecule has 1 heterocycles. The summed E-state index contributed by atoms with van der Waals surface area (Å²) < 4.78 is 37.8. The number of hydrogen-bond acceptors (Lipinski definition) is 2. The minimum absolute atomic E-state index is 0.238. The highest BCUT2D eigenvalue weighted by Gasteiger charge is 2.30. The monoisotopic (exact) mass is 334 g/mol. The van der Waals surface area contributed by atoms with Crippen molar-refractivity contribution in [2.24, 2.45) is 0 Å². The zero-order valence-corrected chi connectivity index (χ0v) is 11.2. The van der Waals surface area contributed by atoms with Crippen LogP contribution in [0.3, 0.4) is 0 Å². The molecule has 0 aliphatic carbocycles. The maximum absolute atomic E-state index is 12.4. The predicted octanol–water partition coefficient (Wildman–Crippen LogP) is 4.76. The van der Waals surface area contributed by atoms with Gasteiger partial charge < -0.3 is 0 Å². The number of ketones is 1. The van der Waals surface area contributed by atoms with Gasteiger partial charge >= 0.3 is 6.18 Å². The summed E-state index contributed by atoms with van der Waals surface area (Å²) in [5, 5.41) is 3.40. The number of benzene rings is 1. The first-order valence-corrected chi connectivity index (χ1v) is 6.57. The van der Waals surface area contributed by atoms with Gasteiger partial charge in [-0.15, -0.1) is 0 Å². The average molecular weight is 335 g/mol. The number of alkyl halides is 3. The highest BCUT2D eigenvalue weighted by Crippen LogP contribution is 2.30. The van der Waals surface area contributed by atoms with Crippen LogP contribution in [-0.4, -0.2) is 5.78 Å². The van der Waals surface area contributed by atoms with Gasteiger partial charge in [0.2, 0.25) is 0 Å². The molecule has 0 unspecified atom stereocenters. The Bertz CT molecular complexity index is 572. The SMILES string of the molecule is O=C(c1ccc(C(F)(F)F)cc1)c1cscc1Br. The maximum atomic E-state index is 12.4. The van der Waals surface area contributed by atoms with Gasteiger partial charge in [-0.2, -0.15) is 24.5 Å². The van der Waals surface area contributed by atoms with Crippen molar-refractivity contribution >= 4 is 33.0 Å². The molecule has 1 aromatic heterocycles. The Hall–Kier alpha value is -1.14. The van der Waals surface area contributed by atoms with Crippen molar-refractivity contribution in [3.8, 4) is 0 Å². The van der Waals surface area contributed by atoms with Crippen LogP contribution < -0.4 is 0 Å². The lowest BCUT2D eigenvalue weighted by Gasteiger charge is -2.07. The molecular formula is C12H6BrF3OS. The van der Waals surface area contributed by atoms with E-state index in [-0.39, 0.29) is 11.3 Å². The first-order chi connectivity index (χ1) is 8.39. The Morgan fingerprint density at radius 1 is 1.11 bits per heavy atom. The Morgan fingerprint density at radius 3 is 2.17 bits per heavy atom. The molecule has 1 aromatic carbocycles. The van der Waals surface area contributed by atoms with Gasteiger partial charge in [0.05, 0.1) is 5.56 Å². The Morgan fingerprint density at radius 2 is 1.72 bits per heavy atom. The summed E-state index contributed by atoms with van der Waals surface area (Å²) in [6.07, 6.45) is -4.38. The van der Waals surface area contributed by atoms with Gasteiger partial charge in [0.15, 0.2) is 5.78 Å². The molecule has 18 heavy (non-hydrogen) atoms. The minimum Gasteiger partial charge on any atom is -0.289 e. The zero-order chi connectivity index (χ0) is 13.3. The van der Waals surface area contributed by atoms with Crippen LogP contribution in [0.2, 0.25) is 0 Å². The highest BCUT2D eigenvalue weighted by molar-refractivity contribution is 9.10. The zero-order valence-electron chi connectivity index (χ0n) is 8.79. The molecule has 0 atom stereocenters. The molecule has 0 saturated carbocycles. The van der Waals surface area contributed by atoms with Crippen molar-refractivity contribution in [3.05, 3.63) is 56.2 Å². The fourth-order valence-corrected chi connectivity index (χ4v) is 2.86. The van der Waals surface area contributed by atoms with Crippen molar-refractivity contribution in [2.45, 2.75) is 6.18 Å². The number of thiophene rings is 1. The third kappa shape index (κ3) is 2.64. The molecule has 0 fully saturated rings. The molecule has 0 amide bonds. The van der Waals surface area contributed by atoms with Crippen LogP contribution in [0.25, 0.3) is 0 Å². The molecule has 2 rings (SSSR count). The van der Waals surface area contributed by atoms with E-state index in [0.717, 1.165) is 12.1 Å². The first-order valence-electron chi connectivity index (χ1n) is 4.83.